The average Bonchev–Trinajstić information content (AvgIpc) is 3.25. The number of anilines is 1. The number of nitrogens with one attached hydrogen (secondary N) is 1. The molecule has 1 atom stereocenters. The molecule has 2 aromatic carbocycles. The van der Waals surface area contributed by atoms with Gasteiger partial charge in [-0.3, -0.25) is 14.5 Å². The van der Waals surface area contributed by atoms with E-state index in [0.717, 1.165) is 43.6 Å². The van der Waals surface area contributed by atoms with E-state index in [1.54, 1.807) is 30.3 Å². The van der Waals surface area contributed by atoms with E-state index in [1.807, 2.05) is 0 Å². The molecule has 0 bridgehead atoms. The van der Waals surface area contributed by atoms with Crippen molar-refractivity contribution in [2.75, 3.05) is 19.1 Å². The third-order valence-corrected chi connectivity index (χ3v) is 7.94. The molecule has 1 saturated carbocycles. The Bertz CT molecular complexity index is 1260. The predicted molar refractivity (Wildman–Crippen MR) is 144 cm³/mol. The molecule has 0 spiro atoms. The summed E-state index contributed by atoms with van der Waals surface area (Å²) in [4.78, 5) is 29.3. The molecule has 11 heteroatoms. The second-order valence-electron chi connectivity index (χ2n) is 8.67. The smallest absolute Gasteiger partial charge is 0.280 e. The standard InChI is InChI=1S/C26H27Cl2N3O5S/c1-35-18-12-13-19(20(14-18)36-2)31(26(34)22-21(27)24(28)37-30-22)23(15-8-10-17(32)11-9-15)25(33)29-16-6-4-3-5-7-16/h8-14,16,23,32H,3-7H2,1-2H3,(H,29,33)/t23-/m1/s1. The summed E-state index contributed by atoms with van der Waals surface area (Å²) in [6, 6.07) is 9.94. The van der Waals surface area contributed by atoms with Crippen LogP contribution in [-0.2, 0) is 4.79 Å². The number of rotatable bonds is 8. The van der Waals surface area contributed by atoms with Crippen molar-refractivity contribution in [3.05, 3.63) is 63.1 Å². The summed E-state index contributed by atoms with van der Waals surface area (Å²) in [6.07, 6.45) is 4.90. The maximum atomic E-state index is 14.1. The van der Waals surface area contributed by atoms with Gasteiger partial charge in [-0.1, -0.05) is 54.6 Å². The molecule has 0 unspecified atom stereocenters. The van der Waals surface area contributed by atoms with E-state index in [1.165, 1.54) is 31.3 Å². The lowest BCUT2D eigenvalue weighted by molar-refractivity contribution is -0.123. The van der Waals surface area contributed by atoms with E-state index in [4.69, 9.17) is 32.7 Å². The van der Waals surface area contributed by atoms with Crippen LogP contribution < -0.4 is 19.7 Å². The van der Waals surface area contributed by atoms with Crippen LogP contribution in [0.15, 0.2) is 42.5 Å². The molecule has 1 heterocycles. The number of ether oxygens (including phenoxy) is 2. The Morgan fingerprint density at radius 2 is 1.78 bits per heavy atom. The molecule has 1 aliphatic carbocycles. The van der Waals surface area contributed by atoms with E-state index >= 15 is 0 Å². The maximum absolute atomic E-state index is 14.1. The number of carbonyl (C=O) groups excluding carboxylic acids is 2. The number of carbonyl (C=O) groups is 2. The third-order valence-electron chi connectivity index (χ3n) is 6.33. The minimum atomic E-state index is -1.13. The molecule has 3 aromatic rings. The lowest BCUT2D eigenvalue weighted by Crippen LogP contribution is -2.47. The van der Waals surface area contributed by atoms with E-state index in [9.17, 15) is 14.7 Å². The van der Waals surface area contributed by atoms with Gasteiger partial charge in [0.15, 0.2) is 5.69 Å². The normalized spacial score (nSPS) is 14.6. The highest BCUT2D eigenvalue weighted by Gasteiger charge is 2.38. The fraction of sp³-hybridized carbons (Fsp3) is 0.346. The molecule has 2 N–H and O–H groups in total. The number of aromatic nitrogens is 1. The number of benzene rings is 2. The Hall–Kier alpha value is -3.01. The van der Waals surface area contributed by atoms with Crippen LogP contribution in [0, 0.1) is 0 Å². The molecule has 1 aromatic heterocycles. The van der Waals surface area contributed by atoms with Crippen molar-refractivity contribution in [3.8, 4) is 17.2 Å². The molecule has 2 amide bonds. The van der Waals surface area contributed by atoms with Crippen molar-refractivity contribution < 1.29 is 24.2 Å². The van der Waals surface area contributed by atoms with Gasteiger partial charge in [0.25, 0.3) is 5.91 Å². The monoisotopic (exact) mass is 563 g/mol. The number of hydrogen-bond acceptors (Lipinski definition) is 7. The van der Waals surface area contributed by atoms with E-state index in [0.29, 0.717) is 22.7 Å². The molecule has 37 heavy (non-hydrogen) atoms. The van der Waals surface area contributed by atoms with Gasteiger partial charge in [-0.25, -0.2) is 0 Å². The first-order valence-electron chi connectivity index (χ1n) is 11.8. The Kier molecular flexibility index (Phi) is 8.79. The Morgan fingerprint density at radius 1 is 1.08 bits per heavy atom. The zero-order chi connectivity index (χ0) is 26.5. The van der Waals surface area contributed by atoms with Gasteiger partial charge in [-0.05, 0) is 54.2 Å². The van der Waals surface area contributed by atoms with E-state index in [-0.39, 0.29) is 32.8 Å². The number of phenolic OH excluding ortho intramolecular Hbond substituents is 1. The van der Waals surface area contributed by atoms with Gasteiger partial charge in [-0.15, -0.1) is 0 Å². The second kappa shape index (κ2) is 12.0. The van der Waals surface area contributed by atoms with Gasteiger partial charge < -0.3 is 19.9 Å². The summed E-state index contributed by atoms with van der Waals surface area (Å²) in [6.45, 7) is 0. The van der Waals surface area contributed by atoms with Crippen LogP contribution in [0.25, 0.3) is 0 Å². The van der Waals surface area contributed by atoms with Crippen LogP contribution in [0.1, 0.15) is 54.2 Å². The summed E-state index contributed by atoms with van der Waals surface area (Å²) in [7, 11) is 2.98. The first-order chi connectivity index (χ1) is 17.8. The van der Waals surface area contributed by atoms with Gasteiger partial charge in [0.2, 0.25) is 5.91 Å². The molecule has 1 aliphatic rings. The molecule has 4 rings (SSSR count). The van der Waals surface area contributed by atoms with Gasteiger partial charge in [0.1, 0.15) is 32.6 Å². The number of nitrogens with zero attached hydrogens (tertiary/aromatic N) is 2. The van der Waals surface area contributed by atoms with Gasteiger partial charge in [0, 0.05) is 12.1 Å². The Balaban J connectivity index is 1.88. The van der Waals surface area contributed by atoms with Crippen molar-refractivity contribution in [2.45, 2.75) is 44.2 Å². The predicted octanol–water partition coefficient (Wildman–Crippen LogP) is 6.01. The van der Waals surface area contributed by atoms with Crippen molar-refractivity contribution >= 4 is 52.2 Å². The number of methoxy groups -OCH3 is 2. The van der Waals surface area contributed by atoms with Crippen LogP contribution in [0.3, 0.4) is 0 Å². The number of halogens is 2. The SMILES string of the molecule is COc1ccc(N(C(=O)c2nsc(Cl)c2Cl)[C@@H](C(=O)NC2CCCCC2)c2ccc(O)cc2)c(OC)c1. The lowest BCUT2D eigenvalue weighted by Gasteiger charge is -2.34. The van der Waals surface area contributed by atoms with Gasteiger partial charge >= 0.3 is 0 Å². The first kappa shape index (κ1) is 27.0. The lowest BCUT2D eigenvalue weighted by atomic mass is 9.94. The Morgan fingerprint density at radius 3 is 2.38 bits per heavy atom. The molecular weight excluding hydrogens is 537 g/mol. The average molecular weight is 564 g/mol. The van der Waals surface area contributed by atoms with Gasteiger partial charge in [-0.2, -0.15) is 4.37 Å². The largest absolute Gasteiger partial charge is 0.508 e. The first-order valence-corrected chi connectivity index (χ1v) is 13.3. The number of amides is 2. The summed E-state index contributed by atoms with van der Waals surface area (Å²) >= 11 is 13.4. The highest BCUT2D eigenvalue weighted by atomic mass is 35.5. The molecular formula is C26H27Cl2N3O5S. The molecule has 196 valence electrons. The summed E-state index contributed by atoms with van der Waals surface area (Å²) in [5, 5.41) is 13.0. The highest BCUT2D eigenvalue weighted by Crippen LogP contribution is 2.40. The fourth-order valence-corrected chi connectivity index (χ4v) is 5.44. The molecule has 0 aliphatic heterocycles. The van der Waals surface area contributed by atoms with Crippen molar-refractivity contribution in [1.82, 2.24) is 9.69 Å². The van der Waals surface area contributed by atoms with Crippen LogP contribution in [0.4, 0.5) is 5.69 Å². The van der Waals surface area contributed by atoms with Crippen LogP contribution in [0.5, 0.6) is 17.2 Å². The summed E-state index contributed by atoms with van der Waals surface area (Å²) in [5.41, 5.74) is 0.712. The van der Waals surface area contributed by atoms with Crippen molar-refractivity contribution in [3.63, 3.8) is 0 Å². The zero-order valence-corrected chi connectivity index (χ0v) is 22.7. The van der Waals surface area contributed by atoms with Crippen molar-refractivity contribution in [2.24, 2.45) is 0 Å². The summed E-state index contributed by atoms with van der Waals surface area (Å²) in [5.74, 6) is -0.158. The maximum Gasteiger partial charge on any atom is 0.280 e. The second-order valence-corrected chi connectivity index (χ2v) is 10.4. The Labute approximate surface area is 229 Å². The summed E-state index contributed by atoms with van der Waals surface area (Å²) < 4.78 is 15.3. The molecule has 8 nitrogen and oxygen atoms in total. The molecule has 0 radical (unpaired) electrons. The van der Waals surface area contributed by atoms with Crippen molar-refractivity contribution in [1.29, 1.82) is 0 Å². The van der Waals surface area contributed by atoms with E-state index < -0.39 is 11.9 Å². The number of hydrogen-bond donors (Lipinski definition) is 2. The van der Waals surface area contributed by atoms with Gasteiger partial charge in [0.05, 0.1) is 19.9 Å². The minimum absolute atomic E-state index is 0.00582. The quantitative estimate of drug-likeness (QED) is 0.348. The van der Waals surface area contributed by atoms with Crippen LogP contribution in [-0.4, -0.2) is 41.6 Å². The fourth-order valence-electron chi connectivity index (χ4n) is 4.46. The van der Waals surface area contributed by atoms with Crippen LogP contribution >= 0.6 is 34.7 Å². The number of phenols is 1. The minimum Gasteiger partial charge on any atom is -0.508 e. The van der Waals surface area contributed by atoms with E-state index in [2.05, 4.69) is 9.69 Å². The molecule has 0 saturated heterocycles. The highest BCUT2D eigenvalue weighted by molar-refractivity contribution is 7.11. The van der Waals surface area contributed by atoms with Crippen LogP contribution in [0.2, 0.25) is 9.36 Å². The zero-order valence-electron chi connectivity index (χ0n) is 20.4. The topological polar surface area (TPSA) is 101 Å². The third kappa shape index (κ3) is 5.95. The number of aromatic hydroxyl groups is 1. The molecule has 1 fully saturated rings.